The van der Waals surface area contributed by atoms with E-state index in [1.165, 1.54) is 0 Å². The number of likely N-dealkylation sites (N-methyl/N-ethyl adjacent to an activating group) is 1. The van der Waals surface area contributed by atoms with Crippen molar-refractivity contribution < 1.29 is 9.47 Å². The predicted octanol–water partition coefficient (Wildman–Crippen LogP) is 0.354. The molecule has 1 aliphatic heterocycles. The van der Waals surface area contributed by atoms with E-state index in [0.717, 1.165) is 32.7 Å². The van der Waals surface area contributed by atoms with E-state index in [9.17, 15) is 0 Å². The van der Waals surface area contributed by atoms with E-state index in [1.54, 1.807) is 7.11 Å². The standard InChI is InChI=1S/C8H17NO2/c1-9-4-3-8(7-10-2)11-6-5-9/h8H,3-7H2,1-2H3. The minimum atomic E-state index is 0.310. The van der Waals surface area contributed by atoms with Crippen molar-refractivity contribution in [1.82, 2.24) is 4.90 Å². The van der Waals surface area contributed by atoms with Gasteiger partial charge >= 0.3 is 0 Å². The van der Waals surface area contributed by atoms with Gasteiger partial charge in [-0.05, 0) is 13.5 Å². The van der Waals surface area contributed by atoms with Crippen molar-refractivity contribution in [3.63, 3.8) is 0 Å². The van der Waals surface area contributed by atoms with Crippen molar-refractivity contribution in [2.75, 3.05) is 40.5 Å². The van der Waals surface area contributed by atoms with E-state index in [-0.39, 0.29) is 0 Å². The van der Waals surface area contributed by atoms with Crippen molar-refractivity contribution in [1.29, 1.82) is 0 Å². The summed E-state index contributed by atoms with van der Waals surface area (Å²) in [6.45, 7) is 3.73. The third-order valence-corrected chi connectivity index (χ3v) is 2.01. The predicted molar refractivity (Wildman–Crippen MR) is 43.7 cm³/mol. The molecule has 0 aromatic heterocycles. The van der Waals surface area contributed by atoms with E-state index in [4.69, 9.17) is 9.47 Å². The molecule has 0 saturated carbocycles. The van der Waals surface area contributed by atoms with Gasteiger partial charge in [0.2, 0.25) is 0 Å². The fourth-order valence-electron chi connectivity index (χ4n) is 1.25. The van der Waals surface area contributed by atoms with E-state index in [1.807, 2.05) is 0 Å². The minimum Gasteiger partial charge on any atom is -0.382 e. The fourth-order valence-corrected chi connectivity index (χ4v) is 1.25. The van der Waals surface area contributed by atoms with Crippen LogP contribution in [0.1, 0.15) is 6.42 Å². The van der Waals surface area contributed by atoms with Crippen molar-refractivity contribution in [2.45, 2.75) is 12.5 Å². The lowest BCUT2D eigenvalue weighted by atomic mass is 10.2. The monoisotopic (exact) mass is 159 g/mol. The van der Waals surface area contributed by atoms with Crippen LogP contribution in [0, 0.1) is 0 Å². The molecular weight excluding hydrogens is 142 g/mol. The molecule has 1 rings (SSSR count). The molecule has 0 aliphatic carbocycles. The first-order chi connectivity index (χ1) is 5.33. The van der Waals surface area contributed by atoms with Gasteiger partial charge in [-0.15, -0.1) is 0 Å². The summed E-state index contributed by atoms with van der Waals surface area (Å²) in [5, 5.41) is 0. The lowest BCUT2D eigenvalue weighted by molar-refractivity contribution is 0.00536. The van der Waals surface area contributed by atoms with Crippen LogP contribution in [-0.4, -0.2) is 51.5 Å². The maximum atomic E-state index is 5.55. The van der Waals surface area contributed by atoms with Gasteiger partial charge in [-0.1, -0.05) is 0 Å². The third-order valence-electron chi connectivity index (χ3n) is 2.01. The Kier molecular flexibility index (Phi) is 3.83. The maximum Gasteiger partial charge on any atom is 0.0821 e. The molecule has 1 saturated heterocycles. The highest BCUT2D eigenvalue weighted by Crippen LogP contribution is 2.05. The Hall–Kier alpha value is -0.120. The Labute approximate surface area is 68.3 Å². The van der Waals surface area contributed by atoms with E-state index < -0.39 is 0 Å². The number of ether oxygens (including phenoxy) is 2. The van der Waals surface area contributed by atoms with Gasteiger partial charge in [-0.3, -0.25) is 0 Å². The molecule has 66 valence electrons. The molecule has 0 spiro atoms. The summed E-state index contributed by atoms with van der Waals surface area (Å²) < 4.78 is 10.6. The van der Waals surface area contributed by atoms with Gasteiger partial charge < -0.3 is 14.4 Å². The first-order valence-corrected chi connectivity index (χ1v) is 4.12. The molecule has 0 bridgehead atoms. The van der Waals surface area contributed by atoms with Crippen molar-refractivity contribution in [2.24, 2.45) is 0 Å². The van der Waals surface area contributed by atoms with Crippen molar-refractivity contribution >= 4 is 0 Å². The second-order valence-electron chi connectivity index (χ2n) is 3.04. The first kappa shape index (κ1) is 8.97. The van der Waals surface area contributed by atoms with Crippen LogP contribution in [0.25, 0.3) is 0 Å². The van der Waals surface area contributed by atoms with Gasteiger partial charge in [0.15, 0.2) is 0 Å². The molecule has 0 aromatic carbocycles. The third kappa shape index (κ3) is 3.18. The second-order valence-corrected chi connectivity index (χ2v) is 3.04. The molecule has 0 N–H and O–H groups in total. The van der Waals surface area contributed by atoms with Crippen LogP contribution in [-0.2, 0) is 9.47 Å². The smallest absolute Gasteiger partial charge is 0.0821 e. The van der Waals surface area contributed by atoms with Crippen LogP contribution in [0.2, 0.25) is 0 Å². The molecule has 1 aliphatic rings. The van der Waals surface area contributed by atoms with Gasteiger partial charge in [0, 0.05) is 20.2 Å². The lowest BCUT2D eigenvalue weighted by Crippen LogP contribution is -2.21. The number of nitrogens with zero attached hydrogens (tertiary/aromatic N) is 1. The number of hydrogen-bond acceptors (Lipinski definition) is 3. The first-order valence-electron chi connectivity index (χ1n) is 4.12. The Bertz CT molecular complexity index is 108. The van der Waals surface area contributed by atoms with Gasteiger partial charge in [0.1, 0.15) is 0 Å². The summed E-state index contributed by atoms with van der Waals surface area (Å²) in [7, 11) is 3.84. The summed E-state index contributed by atoms with van der Waals surface area (Å²) in [5.74, 6) is 0. The Morgan fingerprint density at radius 3 is 3.09 bits per heavy atom. The molecule has 0 aromatic rings. The Balaban J connectivity index is 2.22. The van der Waals surface area contributed by atoms with Crippen LogP contribution in [0.4, 0.5) is 0 Å². The average molecular weight is 159 g/mol. The molecule has 0 radical (unpaired) electrons. The minimum absolute atomic E-state index is 0.310. The van der Waals surface area contributed by atoms with Crippen LogP contribution in [0.15, 0.2) is 0 Å². The molecule has 0 amide bonds. The molecule has 1 atom stereocenters. The topological polar surface area (TPSA) is 21.7 Å². The molecule has 1 heterocycles. The Morgan fingerprint density at radius 2 is 2.36 bits per heavy atom. The van der Waals surface area contributed by atoms with Gasteiger partial charge in [0.25, 0.3) is 0 Å². The van der Waals surface area contributed by atoms with Gasteiger partial charge in [-0.25, -0.2) is 0 Å². The number of methoxy groups -OCH3 is 1. The molecular formula is C8H17NO2. The van der Waals surface area contributed by atoms with Gasteiger partial charge in [-0.2, -0.15) is 0 Å². The summed E-state index contributed by atoms with van der Waals surface area (Å²) in [6.07, 6.45) is 1.40. The summed E-state index contributed by atoms with van der Waals surface area (Å²) in [6, 6.07) is 0. The summed E-state index contributed by atoms with van der Waals surface area (Å²) >= 11 is 0. The zero-order chi connectivity index (χ0) is 8.10. The number of rotatable bonds is 2. The van der Waals surface area contributed by atoms with Crippen molar-refractivity contribution in [3.8, 4) is 0 Å². The number of hydrogen-bond donors (Lipinski definition) is 0. The largest absolute Gasteiger partial charge is 0.382 e. The lowest BCUT2D eigenvalue weighted by Gasteiger charge is -2.12. The van der Waals surface area contributed by atoms with E-state index in [2.05, 4.69) is 11.9 Å². The molecule has 11 heavy (non-hydrogen) atoms. The van der Waals surface area contributed by atoms with Crippen LogP contribution < -0.4 is 0 Å². The molecule has 1 fully saturated rings. The van der Waals surface area contributed by atoms with Crippen LogP contribution in [0.3, 0.4) is 0 Å². The molecule has 3 nitrogen and oxygen atoms in total. The summed E-state index contributed by atoms with van der Waals surface area (Å²) in [4.78, 5) is 2.29. The average Bonchev–Trinajstić information content (AvgIpc) is 2.17. The zero-order valence-corrected chi connectivity index (χ0v) is 7.38. The Morgan fingerprint density at radius 1 is 1.55 bits per heavy atom. The fraction of sp³-hybridized carbons (Fsp3) is 1.00. The van der Waals surface area contributed by atoms with Crippen LogP contribution in [0.5, 0.6) is 0 Å². The normalized spacial score (nSPS) is 28.4. The zero-order valence-electron chi connectivity index (χ0n) is 7.38. The molecule has 3 heteroatoms. The van der Waals surface area contributed by atoms with Gasteiger partial charge in [0.05, 0.1) is 19.3 Å². The van der Waals surface area contributed by atoms with Crippen LogP contribution >= 0.6 is 0 Å². The quantitative estimate of drug-likeness (QED) is 0.580. The SMILES string of the molecule is COCC1CCN(C)CCO1. The highest BCUT2D eigenvalue weighted by Gasteiger charge is 2.14. The maximum absolute atomic E-state index is 5.55. The highest BCUT2D eigenvalue weighted by atomic mass is 16.5. The van der Waals surface area contributed by atoms with E-state index in [0.29, 0.717) is 6.10 Å². The van der Waals surface area contributed by atoms with E-state index >= 15 is 0 Å². The van der Waals surface area contributed by atoms with Crippen molar-refractivity contribution in [3.05, 3.63) is 0 Å². The highest BCUT2D eigenvalue weighted by molar-refractivity contribution is 4.64. The second kappa shape index (κ2) is 4.70. The summed E-state index contributed by atoms with van der Waals surface area (Å²) in [5.41, 5.74) is 0. The molecule has 1 unspecified atom stereocenters.